The van der Waals surface area contributed by atoms with Crippen LogP contribution in [0, 0.1) is 0 Å². The van der Waals surface area contributed by atoms with Crippen molar-refractivity contribution in [1.82, 2.24) is 5.32 Å². The summed E-state index contributed by atoms with van der Waals surface area (Å²) in [7, 11) is 0. The monoisotopic (exact) mass is 406 g/mol. The molecule has 1 aromatic carbocycles. The third kappa shape index (κ3) is 8.74. The number of hydrogen-bond acceptors (Lipinski definition) is 6. The molecule has 1 heterocycles. The Kier molecular flexibility index (Phi) is 8.86. The Labute approximate surface area is 166 Å². The average molecular weight is 407 g/mol. The lowest BCUT2D eigenvalue weighted by Gasteiger charge is -2.07. The quantitative estimate of drug-likeness (QED) is 0.468. The number of rotatable bonds is 10. The van der Waals surface area contributed by atoms with Crippen LogP contribution >= 0.6 is 23.1 Å². The number of amides is 2. The molecule has 0 saturated carbocycles. The van der Waals surface area contributed by atoms with E-state index in [2.05, 4.69) is 16.7 Å². The predicted molar refractivity (Wildman–Crippen MR) is 109 cm³/mol. The smallest absolute Gasteiger partial charge is 0.310 e. The van der Waals surface area contributed by atoms with E-state index in [9.17, 15) is 14.4 Å². The van der Waals surface area contributed by atoms with E-state index in [4.69, 9.17) is 4.74 Å². The maximum absolute atomic E-state index is 11.8. The highest BCUT2D eigenvalue weighted by atomic mass is 32.2. The van der Waals surface area contributed by atoms with Gasteiger partial charge >= 0.3 is 5.97 Å². The van der Waals surface area contributed by atoms with Crippen LogP contribution in [0.2, 0.25) is 0 Å². The van der Waals surface area contributed by atoms with Crippen molar-refractivity contribution >= 4 is 46.6 Å². The van der Waals surface area contributed by atoms with E-state index in [0.29, 0.717) is 12.2 Å². The van der Waals surface area contributed by atoms with Gasteiger partial charge < -0.3 is 15.4 Å². The number of carbonyl (C=O) groups excluding carboxylic acids is 3. The Balaban J connectivity index is 1.57. The third-order valence-electron chi connectivity index (χ3n) is 3.38. The van der Waals surface area contributed by atoms with Crippen molar-refractivity contribution in [2.45, 2.75) is 19.1 Å². The number of carbonyl (C=O) groups is 3. The van der Waals surface area contributed by atoms with Crippen molar-refractivity contribution in [3.8, 4) is 0 Å². The summed E-state index contributed by atoms with van der Waals surface area (Å²) in [5.74, 6) is 0.810. The second kappa shape index (κ2) is 11.4. The molecule has 0 bridgehead atoms. The van der Waals surface area contributed by atoms with Gasteiger partial charge in [-0.15, -0.1) is 11.3 Å². The minimum atomic E-state index is -0.468. The van der Waals surface area contributed by atoms with Crippen molar-refractivity contribution in [3.63, 3.8) is 0 Å². The molecule has 2 rings (SSSR count). The first-order valence-corrected chi connectivity index (χ1v) is 10.5. The number of esters is 1. The van der Waals surface area contributed by atoms with Gasteiger partial charge in [0.05, 0.1) is 6.42 Å². The molecular weight excluding hydrogens is 384 g/mol. The number of nitrogens with one attached hydrogen (secondary N) is 2. The van der Waals surface area contributed by atoms with Gasteiger partial charge in [0.25, 0.3) is 5.91 Å². The van der Waals surface area contributed by atoms with Crippen LogP contribution in [0.1, 0.15) is 17.4 Å². The van der Waals surface area contributed by atoms with Gasteiger partial charge in [-0.2, -0.15) is 11.8 Å². The summed E-state index contributed by atoms with van der Waals surface area (Å²) in [5, 5.41) is 7.43. The minimum absolute atomic E-state index is 0.0737. The Hall–Kier alpha value is -2.32. The van der Waals surface area contributed by atoms with E-state index in [1.807, 2.05) is 11.4 Å². The first kappa shape index (κ1) is 21.0. The predicted octanol–water partition coefficient (Wildman–Crippen LogP) is 2.84. The molecule has 0 radical (unpaired) electrons. The number of thioether (sulfide) groups is 1. The van der Waals surface area contributed by atoms with Gasteiger partial charge in [-0.05, 0) is 29.1 Å². The fraction of sp³-hybridized carbons (Fsp3) is 0.316. The van der Waals surface area contributed by atoms with E-state index in [0.717, 1.165) is 17.1 Å². The van der Waals surface area contributed by atoms with Crippen molar-refractivity contribution in [1.29, 1.82) is 0 Å². The van der Waals surface area contributed by atoms with Crippen LogP contribution in [0.15, 0.2) is 41.8 Å². The van der Waals surface area contributed by atoms with E-state index in [1.54, 1.807) is 47.4 Å². The summed E-state index contributed by atoms with van der Waals surface area (Å²) in [4.78, 5) is 35.8. The molecule has 0 unspecified atom stereocenters. The van der Waals surface area contributed by atoms with Crippen LogP contribution in [-0.4, -0.2) is 36.7 Å². The highest BCUT2D eigenvalue weighted by molar-refractivity contribution is 7.98. The lowest BCUT2D eigenvalue weighted by atomic mass is 10.1. The molecule has 27 heavy (non-hydrogen) atoms. The van der Waals surface area contributed by atoms with E-state index >= 15 is 0 Å². The van der Waals surface area contributed by atoms with Crippen molar-refractivity contribution in [3.05, 3.63) is 52.2 Å². The minimum Gasteiger partial charge on any atom is -0.455 e. The maximum atomic E-state index is 11.8. The summed E-state index contributed by atoms with van der Waals surface area (Å²) >= 11 is 3.46. The van der Waals surface area contributed by atoms with Gasteiger partial charge in [-0.1, -0.05) is 18.2 Å². The topological polar surface area (TPSA) is 84.5 Å². The zero-order valence-corrected chi connectivity index (χ0v) is 16.7. The second-order valence-electron chi connectivity index (χ2n) is 5.70. The Morgan fingerprint density at radius 2 is 1.93 bits per heavy atom. The largest absolute Gasteiger partial charge is 0.455 e. The number of ether oxygens (including phenoxy) is 1. The van der Waals surface area contributed by atoms with E-state index in [-0.39, 0.29) is 24.8 Å². The van der Waals surface area contributed by atoms with Gasteiger partial charge in [0.2, 0.25) is 5.91 Å². The van der Waals surface area contributed by atoms with Crippen LogP contribution in [0.4, 0.5) is 5.69 Å². The van der Waals surface area contributed by atoms with Gasteiger partial charge in [0.1, 0.15) is 0 Å². The summed E-state index contributed by atoms with van der Waals surface area (Å²) in [6.45, 7) is 1.69. The molecule has 0 fully saturated rings. The van der Waals surface area contributed by atoms with Crippen LogP contribution in [-0.2, 0) is 31.3 Å². The molecule has 0 spiro atoms. The molecule has 0 saturated heterocycles. The molecule has 0 aliphatic heterocycles. The third-order valence-corrected chi connectivity index (χ3v) is 5.45. The zero-order valence-electron chi connectivity index (χ0n) is 15.0. The van der Waals surface area contributed by atoms with Gasteiger partial charge in [0.15, 0.2) is 6.61 Å². The van der Waals surface area contributed by atoms with Crippen LogP contribution in [0.5, 0.6) is 0 Å². The molecular formula is C19H22N2O4S2. The molecule has 0 aliphatic rings. The van der Waals surface area contributed by atoms with Crippen molar-refractivity contribution in [2.75, 3.05) is 24.2 Å². The summed E-state index contributed by atoms with van der Waals surface area (Å²) in [5.41, 5.74) is 1.41. The lowest BCUT2D eigenvalue weighted by Crippen LogP contribution is -2.30. The summed E-state index contributed by atoms with van der Waals surface area (Å²) in [6.07, 6.45) is 0.0737. The maximum Gasteiger partial charge on any atom is 0.310 e. The molecule has 0 aliphatic carbocycles. The van der Waals surface area contributed by atoms with Gasteiger partial charge in [0, 0.05) is 35.5 Å². The summed E-state index contributed by atoms with van der Waals surface area (Å²) < 4.78 is 4.99. The van der Waals surface area contributed by atoms with Crippen LogP contribution in [0.3, 0.4) is 0 Å². The van der Waals surface area contributed by atoms with Gasteiger partial charge in [-0.25, -0.2) is 0 Å². The Morgan fingerprint density at radius 3 is 2.59 bits per heavy atom. The zero-order chi connectivity index (χ0) is 19.5. The van der Waals surface area contributed by atoms with Gasteiger partial charge in [-0.3, -0.25) is 14.4 Å². The number of thiophene rings is 1. The SMILES string of the molecule is CC(=O)Nc1ccc(CC(=O)OCC(=O)NCCSCc2cccs2)cc1. The number of benzene rings is 1. The lowest BCUT2D eigenvalue weighted by molar-refractivity contribution is -0.147. The first-order valence-electron chi connectivity index (χ1n) is 8.42. The molecule has 2 N–H and O–H groups in total. The summed E-state index contributed by atoms with van der Waals surface area (Å²) in [6, 6.07) is 11.0. The van der Waals surface area contributed by atoms with Crippen LogP contribution < -0.4 is 10.6 Å². The molecule has 1 aromatic heterocycles. The van der Waals surface area contributed by atoms with E-state index < -0.39 is 5.97 Å². The number of hydrogen-bond donors (Lipinski definition) is 2. The number of anilines is 1. The molecule has 8 heteroatoms. The molecule has 2 aromatic rings. The van der Waals surface area contributed by atoms with Crippen LogP contribution in [0.25, 0.3) is 0 Å². The molecule has 144 valence electrons. The van der Waals surface area contributed by atoms with E-state index in [1.165, 1.54) is 11.8 Å². The van der Waals surface area contributed by atoms with Crippen molar-refractivity contribution < 1.29 is 19.1 Å². The highest BCUT2D eigenvalue weighted by Crippen LogP contribution is 2.16. The molecule has 6 nitrogen and oxygen atoms in total. The standard InChI is InChI=1S/C19H22N2O4S2/c1-14(22)21-16-6-4-15(5-7-16)11-19(24)25-12-18(23)20-8-10-26-13-17-3-2-9-27-17/h2-7,9H,8,10-13H2,1H3,(H,20,23)(H,21,22). The Bertz CT molecular complexity index is 746. The first-order chi connectivity index (χ1) is 13.0. The van der Waals surface area contributed by atoms with Crippen molar-refractivity contribution in [2.24, 2.45) is 0 Å². The second-order valence-corrected chi connectivity index (χ2v) is 7.83. The fourth-order valence-electron chi connectivity index (χ4n) is 2.15. The average Bonchev–Trinajstić information content (AvgIpc) is 3.14. The fourth-order valence-corrected chi connectivity index (χ4v) is 3.85. The normalized spacial score (nSPS) is 10.3. The molecule has 0 atom stereocenters. The Morgan fingerprint density at radius 1 is 1.15 bits per heavy atom. The molecule has 2 amide bonds. The highest BCUT2D eigenvalue weighted by Gasteiger charge is 2.08.